The number of rotatable bonds is 3. The predicted octanol–water partition coefficient (Wildman–Crippen LogP) is 3.42. The molecule has 4 heteroatoms. The minimum atomic E-state index is 0.791. The van der Waals surface area contributed by atoms with E-state index >= 15 is 0 Å². The van der Waals surface area contributed by atoms with Crippen molar-refractivity contribution >= 4 is 10.9 Å². The van der Waals surface area contributed by atoms with E-state index in [1.807, 2.05) is 12.4 Å². The van der Waals surface area contributed by atoms with E-state index in [-0.39, 0.29) is 0 Å². The number of aromatic amines is 1. The van der Waals surface area contributed by atoms with Crippen molar-refractivity contribution in [1.82, 2.24) is 20.1 Å². The molecule has 1 aliphatic heterocycles. The molecule has 4 rings (SSSR count). The van der Waals surface area contributed by atoms with Gasteiger partial charge in [0.25, 0.3) is 0 Å². The summed E-state index contributed by atoms with van der Waals surface area (Å²) in [5.74, 6) is 0.791. The number of aromatic nitrogens is 3. The third-order valence-corrected chi connectivity index (χ3v) is 4.75. The fourth-order valence-corrected chi connectivity index (χ4v) is 3.50. The van der Waals surface area contributed by atoms with E-state index in [4.69, 9.17) is 0 Å². The number of H-pyrrole nitrogens is 1. The lowest BCUT2D eigenvalue weighted by Gasteiger charge is -2.15. The second-order valence-electron chi connectivity index (χ2n) is 6.28. The van der Waals surface area contributed by atoms with E-state index in [2.05, 4.69) is 50.5 Å². The van der Waals surface area contributed by atoms with Gasteiger partial charge in [-0.05, 0) is 62.0 Å². The maximum atomic E-state index is 4.03. The standard InChI is InChI=1S/C18H22N4/c1-2-14(5-8-19-7-1)13-22-9-6-16-10-15(3-4-18(16)22)17-11-20-21-12-17/h3-4,6,9-12,14,19H,1-2,5,7-8,13H2,(H,20,21). The highest BCUT2D eigenvalue weighted by atomic mass is 15.1. The minimum Gasteiger partial charge on any atom is -0.347 e. The van der Waals surface area contributed by atoms with Gasteiger partial charge in [-0.2, -0.15) is 5.10 Å². The topological polar surface area (TPSA) is 45.6 Å². The molecule has 1 saturated heterocycles. The van der Waals surface area contributed by atoms with Gasteiger partial charge in [-0.15, -0.1) is 0 Å². The highest BCUT2D eigenvalue weighted by Crippen LogP contribution is 2.26. The molecular formula is C18H22N4. The molecule has 0 amide bonds. The molecule has 0 spiro atoms. The Morgan fingerprint density at radius 3 is 3.05 bits per heavy atom. The van der Waals surface area contributed by atoms with Gasteiger partial charge in [0.15, 0.2) is 0 Å². The summed E-state index contributed by atoms with van der Waals surface area (Å²) in [7, 11) is 0. The van der Waals surface area contributed by atoms with Gasteiger partial charge in [0.05, 0.1) is 6.20 Å². The lowest BCUT2D eigenvalue weighted by Crippen LogP contribution is -2.15. The molecule has 2 aromatic heterocycles. The molecule has 1 unspecified atom stereocenters. The van der Waals surface area contributed by atoms with Gasteiger partial charge >= 0.3 is 0 Å². The Morgan fingerprint density at radius 2 is 2.14 bits per heavy atom. The highest BCUT2D eigenvalue weighted by molar-refractivity contribution is 5.85. The van der Waals surface area contributed by atoms with Crippen molar-refractivity contribution in [2.45, 2.75) is 25.8 Å². The quantitative estimate of drug-likeness (QED) is 0.777. The van der Waals surface area contributed by atoms with Crippen molar-refractivity contribution in [3.05, 3.63) is 42.9 Å². The van der Waals surface area contributed by atoms with Crippen LogP contribution in [0.3, 0.4) is 0 Å². The largest absolute Gasteiger partial charge is 0.347 e. The molecule has 1 aliphatic rings. The zero-order chi connectivity index (χ0) is 14.8. The maximum Gasteiger partial charge on any atom is 0.0565 e. The van der Waals surface area contributed by atoms with Crippen molar-refractivity contribution in [2.75, 3.05) is 13.1 Å². The van der Waals surface area contributed by atoms with Crippen LogP contribution in [0.25, 0.3) is 22.0 Å². The van der Waals surface area contributed by atoms with Gasteiger partial charge in [0, 0.05) is 35.4 Å². The van der Waals surface area contributed by atoms with E-state index in [0.29, 0.717) is 0 Å². The van der Waals surface area contributed by atoms with Crippen LogP contribution in [-0.4, -0.2) is 27.9 Å². The summed E-state index contributed by atoms with van der Waals surface area (Å²) in [5.41, 5.74) is 3.70. The number of fused-ring (bicyclic) bond motifs is 1. The first kappa shape index (κ1) is 13.6. The summed E-state index contributed by atoms with van der Waals surface area (Å²) in [5, 5.41) is 11.7. The van der Waals surface area contributed by atoms with Crippen molar-refractivity contribution in [1.29, 1.82) is 0 Å². The van der Waals surface area contributed by atoms with Crippen LogP contribution in [0.5, 0.6) is 0 Å². The third kappa shape index (κ3) is 2.66. The van der Waals surface area contributed by atoms with Crippen LogP contribution < -0.4 is 5.32 Å². The Labute approximate surface area is 130 Å². The molecule has 3 heterocycles. The summed E-state index contributed by atoms with van der Waals surface area (Å²) in [6, 6.07) is 8.92. The van der Waals surface area contributed by atoms with Crippen LogP contribution in [0.1, 0.15) is 19.3 Å². The molecule has 22 heavy (non-hydrogen) atoms. The number of hydrogen-bond donors (Lipinski definition) is 2. The first-order valence-corrected chi connectivity index (χ1v) is 8.19. The summed E-state index contributed by atoms with van der Waals surface area (Å²) >= 11 is 0. The second kappa shape index (κ2) is 5.97. The summed E-state index contributed by atoms with van der Waals surface area (Å²) in [4.78, 5) is 0. The lowest BCUT2D eigenvalue weighted by molar-refractivity contribution is 0.410. The van der Waals surface area contributed by atoms with E-state index in [0.717, 1.165) is 24.6 Å². The Kier molecular flexibility index (Phi) is 3.69. The van der Waals surface area contributed by atoms with E-state index in [1.54, 1.807) is 0 Å². The molecule has 1 aromatic carbocycles. The minimum absolute atomic E-state index is 0.791. The Bertz CT molecular complexity index is 734. The monoisotopic (exact) mass is 294 g/mol. The Balaban J connectivity index is 1.60. The second-order valence-corrected chi connectivity index (χ2v) is 6.28. The van der Waals surface area contributed by atoms with Crippen LogP contribution in [-0.2, 0) is 6.54 Å². The SMILES string of the molecule is c1cc2c(ccn2CC2CCCNCC2)cc1-c1cn[nH]c1. The highest BCUT2D eigenvalue weighted by Gasteiger charge is 2.13. The van der Waals surface area contributed by atoms with Gasteiger partial charge in [-0.1, -0.05) is 6.07 Å². The smallest absolute Gasteiger partial charge is 0.0565 e. The molecule has 3 aromatic rings. The van der Waals surface area contributed by atoms with Crippen LogP contribution in [0, 0.1) is 5.92 Å². The first-order chi connectivity index (χ1) is 10.9. The normalized spacial score (nSPS) is 19.4. The average Bonchev–Trinajstić information content (AvgIpc) is 3.13. The van der Waals surface area contributed by atoms with Gasteiger partial charge in [-0.25, -0.2) is 0 Å². The molecule has 0 bridgehead atoms. The van der Waals surface area contributed by atoms with Crippen molar-refractivity contribution in [3.8, 4) is 11.1 Å². The van der Waals surface area contributed by atoms with Gasteiger partial charge in [0.1, 0.15) is 0 Å². The van der Waals surface area contributed by atoms with Crippen molar-refractivity contribution in [3.63, 3.8) is 0 Å². The van der Waals surface area contributed by atoms with Crippen molar-refractivity contribution < 1.29 is 0 Å². The van der Waals surface area contributed by atoms with Gasteiger partial charge in [0.2, 0.25) is 0 Å². The van der Waals surface area contributed by atoms with Crippen LogP contribution in [0.2, 0.25) is 0 Å². The predicted molar refractivity (Wildman–Crippen MR) is 89.7 cm³/mol. The number of nitrogens with zero attached hydrogens (tertiary/aromatic N) is 2. The van der Waals surface area contributed by atoms with E-state index in [1.165, 1.54) is 42.3 Å². The first-order valence-electron chi connectivity index (χ1n) is 8.19. The number of benzene rings is 1. The van der Waals surface area contributed by atoms with Crippen molar-refractivity contribution in [2.24, 2.45) is 5.92 Å². The van der Waals surface area contributed by atoms with Gasteiger partial charge < -0.3 is 9.88 Å². The Hall–Kier alpha value is -2.07. The summed E-state index contributed by atoms with van der Waals surface area (Å²) < 4.78 is 2.42. The fraction of sp³-hybridized carbons (Fsp3) is 0.389. The molecule has 2 N–H and O–H groups in total. The van der Waals surface area contributed by atoms with Crippen LogP contribution in [0.15, 0.2) is 42.9 Å². The molecule has 0 radical (unpaired) electrons. The molecule has 1 atom stereocenters. The average molecular weight is 294 g/mol. The van der Waals surface area contributed by atoms with Crippen LogP contribution >= 0.6 is 0 Å². The lowest BCUT2D eigenvalue weighted by atomic mass is 10.0. The molecule has 1 fully saturated rings. The molecule has 0 saturated carbocycles. The van der Waals surface area contributed by atoms with E-state index in [9.17, 15) is 0 Å². The fourth-order valence-electron chi connectivity index (χ4n) is 3.50. The number of nitrogens with one attached hydrogen (secondary N) is 2. The Morgan fingerprint density at radius 1 is 1.14 bits per heavy atom. The van der Waals surface area contributed by atoms with Crippen LogP contribution in [0.4, 0.5) is 0 Å². The van der Waals surface area contributed by atoms with Gasteiger partial charge in [-0.3, -0.25) is 5.10 Å². The summed E-state index contributed by atoms with van der Waals surface area (Å²) in [6.07, 6.45) is 9.97. The molecule has 0 aliphatic carbocycles. The third-order valence-electron chi connectivity index (χ3n) is 4.75. The summed E-state index contributed by atoms with van der Waals surface area (Å²) in [6.45, 7) is 3.47. The number of hydrogen-bond acceptors (Lipinski definition) is 2. The molecular weight excluding hydrogens is 272 g/mol. The molecule has 4 nitrogen and oxygen atoms in total. The maximum absolute atomic E-state index is 4.03. The van der Waals surface area contributed by atoms with E-state index < -0.39 is 0 Å². The molecule has 114 valence electrons. The zero-order valence-corrected chi connectivity index (χ0v) is 12.8. The zero-order valence-electron chi connectivity index (χ0n) is 12.8.